The molecule has 0 unspecified atom stereocenters. The number of carbonyl (C=O) groups is 1. The van der Waals surface area contributed by atoms with Crippen LogP contribution in [0.1, 0.15) is 26.7 Å². The molecule has 0 N–H and O–H groups in total. The van der Waals surface area contributed by atoms with Crippen molar-refractivity contribution in [1.29, 1.82) is 0 Å². The van der Waals surface area contributed by atoms with Crippen molar-refractivity contribution in [3.8, 4) is 5.75 Å². The third-order valence-corrected chi connectivity index (χ3v) is 3.08. The fourth-order valence-electron chi connectivity index (χ4n) is 1.32. The summed E-state index contributed by atoms with van der Waals surface area (Å²) in [5.74, 6) is 0.731. The van der Waals surface area contributed by atoms with Crippen LogP contribution in [-0.2, 0) is 4.79 Å². The summed E-state index contributed by atoms with van der Waals surface area (Å²) in [4.78, 5) is 11.0. The van der Waals surface area contributed by atoms with Gasteiger partial charge in [0.15, 0.2) is 11.9 Å². The van der Waals surface area contributed by atoms with E-state index in [0.29, 0.717) is 12.8 Å². The number of hydrogen-bond acceptors (Lipinski definition) is 2. The molecule has 0 aliphatic heterocycles. The van der Waals surface area contributed by atoms with Crippen LogP contribution in [0.5, 0.6) is 5.75 Å². The molecule has 0 radical (unpaired) electrons. The largest absolute Gasteiger partial charge is 0.480 e. The maximum atomic E-state index is 11.0. The van der Waals surface area contributed by atoms with Gasteiger partial charge in [0.05, 0.1) is 0 Å². The maximum Gasteiger partial charge on any atom is 0.163 e. The minimum absolute atomic E-state index is 0.673. The fourth-order valence-corrected chi connectivity index (χ4v) is 1.59. The van der Waals surface area contributed by atoms with E-state index in [-0.39, 0.29) is 0 Å². The van der Waals surface area contributed by atoms with E-state index < -0.39 is 5.60 Å². The molecule has 0 spiro atoms. The Morgan fingerprint density at radius 3 is 2.20 bits per heavy atom. The monoisotopic (exact) mass is 270 g/mol. The van der Waals surface area contributed by atoms with E-state index >= 15 is 0 Å². The van der Waals surface area contributed by atoms with E-state index in [1.54, 1.807) is 0 Å². The Labute approximate surface area is 98.8 Å². The van der Waals surface area contributed by atoms with Crippen molar-refractivity contribution in [3.63, 3.8) is 0 Å². The predicted molar refractivity (Wildman–Crippen MR) is 64.1 cm³/mol. The summed E-state index contributed by atoms with van der Waals surface area (Å²) in [5, 5.41) is 0. The number of carbonyl (C=O) groups excluding carboxylic acids is 1. The van der Waals surface area contributed by atoms with Crippen molar-refractivity contribution < 1.29 is 9.53 Å². The first kappa shape index (κ1) is 12.2. The van der Waals surface area contributed by atoms with Gasteiger partial charge in [0.1, 0.15) is 5.75 Å². The molecule has 0 aliphatic rings. The molecule has 15 heavy (non-hydrogen) atoms. The summed E-state index contributed by atoms with van der Waals surface area (Å²) in [6.45, 7) is 3.91. The van der Waals surface area contributed by atoms with Crippen LogP contribution in [0.2, 0.25) is 0 Å². The molecule has 1 aromatic carbocycles. The summed E-state index contributed by atoms with van der Waals surface area (Å²) in [6.07, 6.45) is 2.27. The molecule has 0 heterocycles. The van der Waals surface area contributed by atoms with Crippen LogP contribution >= 0.6 is 15.9 Å². The lowest BCUT2D eigenvalue weighted by Gasteiger charge is -2.26. The number of aldehydes is 1. The van der Waals surface area contributed by atoms with Gasteiger partial charge in [0.2, 0.25) is 0 Å². The summed E-state index contributed by atoms with van der Waals surface area (Å²) in [7, 11) is 0. The minimum atomic E-state index is -0.673. The molecule has 0 saturated heterocycles. The standard InChI is InChI=1S/C12H15BrO2/c1-3-12(4-2,9-14)15-11-7-5-10(13)6-8-11/h5-9H,3-4H2,1-2H3. The van der Waals surface area contributed by atoms with E-state index in [1.807, 2.05) is 38.1 Å². The van der Waals surface area contributed by atoms with Gasteiger partial charge < -0.3 is 4.74 Å². The van der Waals surface area contributed by atoms with E-state index in [0.717, 1.165) is 16.5 Å². The van der Waals surface area contributed by atoms with Crippen LogP contribution < -0.4 is 4.74 Å². The van der Waals surface area contributed by atoms with Crippen molar-refractivity contribution in [3.05, 3.63) is 28.7 Å². The zero-order chi connectivity index (χ0) is 11.3. The van der Waals surface area contributed by atoms with Gasteiger partial charge in [0.25, 0.3) is 0 Å². The van der Waals surface area contributed by atoms with Crippen LogP contribution in [0, 0.1) is 0 Å². The van der Waals surface area contributed by atoms with Crippen molar-refractivity contribution in [2.24, 2.45) is 0 Å². The van der Waals surface area contributed by atoms with Gasteiger partial charge in [-0.3, -0.25) is 4.79 Å². The summed E-state index contributed by atoms with van der Waals surface area (Å²) in [6, 6.07) is 7.51. The van der Waals surface area contributed by atoms with Crippen LogP contribution in [0.25, 0.3) is 0 Å². The summed E-state index contributed by atoms with van der Waals surface area (Å²) in [5.41, 5.74) is -0.673. The predicted octanol–water partition coefficient (Wildman–Crippen LogP) is 3.59. The van der Waals surface area contributed by atoms with Crippen LogP contribution in [0.15, 0.2) is 28.7 Å². The van der Waals surface area contributed by atoms with Gasteiger partial charge in [-0.05, 0) is 37.1 Å². The molecule has 0 bridgehead atoms. The van der Waals surface area contributed by atoms with Crippen LogP contribution in [0.4, 0.5) is 0 Å². The molecular weight excluding hydrogens is 256 g/mol. The minimum Gasteiger partial charge on any atom is -0.480 e. The Hall–Kier alpha value is -0.830. The van der Waals surface area contributed by atoms with E-state index in [1.165, 1.54) is 0 Å². The molecule has 0 aromatic heterocycles. The number of ether oxygens (including phenoxy) is 1. The number of hydrogen-bond donors (Lipinski definition) is 0. The Balaban J connectivity index is 2.83. The van der Waals surface area contributed by atoms with Gasteiger partial charge >= 0.3 is 0 Å². The van der Waals surface area contributed by atoms with Crippen LogP contribution in [-0.4, -0.2) is 11.9 Å². The highest BCUT2D eigenvalue weighted by atomic mass is 79.9. The smallest absolute Gasteiger partial charge is 0.163 e. The van der Waals surface area contributed by atoms with Crippen molar-refractivity contribution in [2.45, 2.75) is 32.3 Å². The second kappa shape index (κ2) is 5.31. The fraction of sp³-hybridized carbons (Fsp3) is 0.417. The third-order valence-electron chi connectivity index (χ3n) is 2.55. The highest BCUT2D eigenvalue weighted by molar-refractivity contribution is 9.10. The Morgan fingerprint density at radius 1 is 1.27 bits per heavy atom. The number of rotatable bonds is 5. The molecule has 3 heteroatoms. The normalized spacial score (nSPS) is 11.1. The quantitative estimate of drug-likeness (QED) is 0.765. The Bertz CT molecular complexity index is 315. The lowest BCUT2D eigenvalue weighted by Crippen LogP contribution is -2.36. The van der Waals surface area contributed by atoms with Gasteiger partial charge in [-0.15, -0.1) is 0 Å². The molecule has 0 amide bonds. The first-order chi connectivity index (χ1) is 7.15. The number of benzene rings is 1. The van der Waals surface area contributed by atoms with E-state index in [4.69, 9.17) is 4.74 Å². The molecule has 0 saturated carbocycles. The van der Waals surface area contributed by atoms with E-state index in [9.17, 15) is 4.79 Å². The highest BCUT2D eigenvalue weighted by Crippen LogP contribution is 2.24. The Morgan fingerprint density at radius 2 is 1.80 bits per heavy atom. The highest BCUT2D eigenvalue weighted by Gasteiger charge is 2.27. The zero-order valence-corrected chi connectivity index (χ0v) is 10.6. The first-order valence-corrected chi connectivity index (χ1v) is 5.86. The maximum absolute atomic E-state index is 11.0. The topological polar surface area (TPSA) is 26.3 Å². The molecule has 0 aliphatic carbocycles. The van der Waals surface area contributed by atoms with Gasteiger partial charge in [-0.2, -0.15) is 0 Å². The lowest BCUT2D eigenvalue weighted by molar-refractivity contribution is -0.122. The van der Waals surface area contributed by atoms with Gasteiger partial charge in [-0.25, -0.2) is 0 Å². The average molecular weight is 271 g/mol. The second-order valence-electron chi connectivity index (χ2n) is 3.45. The van der Waals surface area contributed by atoms with Crippen molar-refractivity contribution in [1.82, 2.24) is 0 Å². The average Bonchev–Trinajstić information content (AvgIpc) is 2.29. The van der Waals surface area contributed by atoms with Crippen LogP contribution in [0.3, 0.4) is 0 Å². The lowest BCUT2D eigenvalue weighted by atomic mass is 9.99. The first-order valence-electron chi connectivity index (χ1n) is 5.06. The zero-order valence-electron chi connectivity index (χ0n) is 9.00. The summed E-state index contributed by atoms with van der Waals surface area (Å²) < 4.78 is 6.72. The molecular formula is C12H15BrO2. The Kier molecular flexibility index (Phi) is 4.33. The van der Waals surface area contributed by atoms with Crippen molar-refractivity contribution in [2.75, 3.05) is 0 Å². The van der Waals surface area contributed by atoms with Crippen molar-refractivity contribution >= 4 is 22.2 Å². The third kappa shape index (κ3) is 3.06. The molecule has 2 nitrogen and oxygen atoms in total. The SMILES string of the molecule is CCC(C=O)(CC)Oc1ccc(Br)cc1. The molecule has 1 rings (SSSR count). The number of halogens is 1. The molecule has 1 aromatic rings. The molecule has 0 atom stereocenters. The summed E-state index contributed by atoms with van der Waals surface area (Å²) >= 11 is 3.35. The molecule has 82 valence electrons. The van der Waals surface area contributed by atoms with Gasteiger partial charge in [0, 0.05) is 4.47 Å². The van der Waals surface area contributed by atoms with Gasteiger partial charge in [-0.1, -0.05) is 29.8 Å². The second-order valence-corrected chi connectivity index (χ2v) is 4.36. The molecule has 0 fully saturated rings. The van der Waals surface area contributed by atoms with E-state index in [2.05, 4.69) is 15.9 Å².